The molecule has 0 spiro atoms. The molecule has 2 rings (SSSR count). The van der Waals surface area contributed by atoms with E-state index in [2.05, 4.69) is 24.5 Å². The average Bonchev–Trinajstić information content (AvgIpc) is 2.71. The molecular weight excluding hydrogens is 380 g/mol. The average molecular weight is 411 g/mol. The van der Waals surface area contributed by atoms with Gasteiger partial charge in [-0.15, -0.1) is 0 Å². The highest BCUT2D eigenvalue weighted by Gasteiger charge is 2.29. The first-order valence-electron chi connectivity index (χ1n) is 9.57. The van der Waals surface area contributed by atoms with Crippen LogP contribution in [-0.2, 0) is 19.6 Å². The number of benzene rings is 1. The van der Waals surface area contributed by atoms with Crippen LogP contribution in [0.2, 0.25) is 0 Å². The minimum atomic E-state index is -3.53. The van der Waals surface area contributed by atoms with Crippen molar-refractivity contribution < 1.29 is 18.0 Å². The Labute approximate surface area is 167 Å². The first-order chi connectivity index (χ1) is 13.3. The standard InChI is InChI=1S/C19H30N4O4S/c1-4-15(2)16-5-7-17(8-6-16)28(26,27)23-11-9-22(10-12-23)14-19(25)21-13-18(24)20-3/h5-8,15H,4,9-14H2,1-3H3,(H,20,24)(H,21,25)/t15-/m0/s1. The molecule has 2 amide bonds. The lowest BCUT2D eigenvalue weighted by atomic mass is 9.99. The van der Waals surface area contributed by atoms with Crippen molar-refractivity contribution in [3.8, 4) is 0 Å². The highest BCUT2D eigenvalue weighted by atomic mass is 32.2. The third-order valence-corrected chi connectivity index (χ3v) is 7.04. The summed E-state index contributed by atoms with van der Waals surface area (Å²) in [5.41, 5.74) is 1.13. The van der Waals surface area contributed by atoms with Gasteiger partial charge in [0, 0.05) is 33.2 Å². The van der Waals surface area contributed by atoms with Crippen LogP contribution in [0.1, 0.15) is 31.7 Å². The predicted octanol–water partition coefficient (Wildman–Crippen LogP) is 0.369. The van der Waals surface area contributed by atoms with E-state index in [9.17, 15) is 18.0 Å². The third kappa shape index (κ3) is 5.76. The lowest BCUT2D eigenvalue weighted by Crippen LogP contribution is -2.51. The summed E-state index contributed by atoms with van der Waals surface area (Å²) in [6.45, 7) is 5.91. The summed E-state index contributed by atoms with van der Waals surface area (Å²) in [7, 11) is -2.03. The Morgan fingerprint density at radius 3 is 2.21 bits per heavy atom. The number of hydrogen-bond acceptors (Lipinski definition) is 5. The summed E-state index contributed by atoms with van der Waals surface area (Å²) < 4.78 is 27.2. The zero-order chi connectivity index (χ0) is 20.7. The number of carbonyl (C=O) groups is 2. The van der Waals surface area contributed by atoms with Crippen LogP contribution in [0.4, 0.5) is 0 Å². The zero-order valence-corrected chi connectivity index (χ0v) is 17.6. The van der Waals surface area contributed by atoms with Gasteiger partial charge in [-0.2, -0.15) is 4.31 Å². The van der Waals surface area contributed by atoms with Crippen molar-refractivity contribution >= 4 is 21.8 Å². The van der Waals surface area contributed by atoms with Gasteiger partial charge in [0.25, 0.3) is 0 Å². The third-order valence-electron chi connectivity index (χ3n) is 5.12. The molecule has 8 nitrogen and oxygen atoms in total. The Bertz CT molecular complexity index is 772. The number of sulfonamides is 1. The fraction of sp³-hybridized carbons (Fsp3) is 0.579. The van der Waals surface area contributed by atoms with Crippen LogP contribution >= 0.6 is 0 Å². The summed E-state index contributed by atoms with van der Waals surface area (Å²) in [5, 5.41) is 4.98. The SMILES string of the molecule is CC[C@H](C)c1ccc(S(=O)(=O)N2CCN(CC(=O)NCC(=O)NC)CC2)cc1. The minimum Gasteiger partial charge on any atom is -0.358 e. The maximum atomic E-state index is 12.9. The fourth-order valence-electron chi connectivity index (χ4n) is 3.01. The van der Waals surface area contributed by atoms with Gasteiger partial charge < -0.3 is 10.6 Å². The van der Waals surface area contributed by atoms with Crippen molar-refractivity contribution in [1.29, 1.82) is 0 Å². The predicted molar refractivity (Wildman–Crippen MR) is 107 cm³/mol. The van der Waals surface area contributed by atoms with E-state index < -0.39 is 10.0 Å². The van der Waals surface area contributed by atoms with E-state index in [1.165, 1.54) is 11.4 Å². The molecule has 1 saturated heterocycles. The quantitative estimate of drug-likeness (QED) is 0.645. The number of hydrogen-bond donors (Lipinski definition) is 2. The molecule has 1 aliphatic heterocycles. The molecule has 1 atom stereocenters. The van der Waals surface area contributed by atoms with Crippen LogP contribution in [0.25, 0.3) is 0 Å². The van der Waals surface area contributed by atoms with Crippen LogP contribution in [0, 0.1) is 0 Å². The van der Waals surface area contributed by atoms with Gasteiger partial charge >= 0.3 is 0 Å². The largest absolute Gasteiger partial charge is 0.358 e. The molecule has 0 bridgehead atoms. The number of carbonyl (C=O) groups excluding carboxylic acids is 2. The molecular formula is C19H30N4O4S. The number of amides is 2. The molecule has 1 aromatic rings. The van der Waals surface area contributed by atoms with Crippen LogP contribution in [0.5, 0.6) is 0 Å². The van der Waals surface area contributed by atoms with E-state index in [1.54, 1.807) is 12.1 Å². The Balaban J connectivity index is 1.89. The first-order valence-corrected chi connectivity index (χ1v) is 11.0. The summed E-state index contributed by atoms with van der Waals surface area (Å²) in [6.07, 6.45) is 1.00. The van der Waals surface area contributed by atoms with Crippen LogP contribution in [0.15, 0.2) is 29.2 Å². The van der Waals surface area contributed by atoms with E-state index >= 15 is 0 Å². The molecule has 0 unspecified atom stereocenters. The smallest absolute Gasteiger partial charge is 0.243 e. The molecule has 1 fully saturated rings. The Kier molecular flexibility index (Phi) is 7.97. The highest BCUT2D eigenvalue weighted by molar-refractivity contribution is 7.89. The number of likely N-dealkylation sites (N-methyl/N-ethyl adjacent to an activating group) is 1. The van der Waals surface area contributed by atoms with Gasteiger partial charge in [-0.3, -0.25) is 14.5 Å². The van der Waals surface area contributed by atoms with Gasteiger partial charge in [-0.25, -0.2) is 8.42 Å². The van der Waals surface area contributed by atoms with E-state index in [0.717, 1.165) is 12.0 Å². The van der Waals surface area contributed by atoms with Crippen molar-refractivity contribution in [3.05, 3.63) is 29.8 Å². The van der Waals surface area contributed by atoms with Gasteiger partial charge in [0.15, 0.2) is 0 Å². The van der Waals surface area contributed by atoms with Gasteiger partial charge in [-0.1, -0.05) is 26.0 Å². The Hall–Kier alpha value is -1.97. The molecule has 0 aromatic heterocycles. The van der Waals surface area contributed by atoms with E-state index in [0.29, 0.717) is 37.0 Å². The van der Waals surface area contributed by atoms with Crippen molar-refractivity contribution in [2.45, 2.75) is 31.1 Å². The molecule has 0 saturated carbocycles. The first kappa shape index (κ1) is 22.3. The number of piperazine rings is 1. The number of rotatable bonds is 8. The maximum Gasteiger partial charge on any atom is 0.243 e. The van der Waals surface area contributed by atoms with Gasteiger partial charge in [0.05, 0.1) is 18.0 Å². The van der Waals surface area contributed by atoms with Gasteiger partial charge in [0.1, 0.15) is 0 Å². The molecule has 2 N–H and O–H groups in total. The van der Waals surface area contributed by atoms with Gasteiger partial charge in [-0.05, 0) is 30.0 Å². The fourth-order valence-corrected chi connectivity index (χ4v) is 4.43. The van der Waals surface area contributed by atoms with Crippen LogP contribution in [-0.4, -0.2) is 75.8 Å². The van der Waals surface area contributed by atoms with Crippen LogP contribution < -0.4 is 10.6 Å². The molecule has 1 aliphatic rings. The van der Waals surface area contributed by atoms with E-state index in [1.807, 2.05) is 17.0 Å². The second-order valence-corrected chi connectivity index (χ2v) is 8.95. The van der Waals surface area contributed by atoms with Crippen molar-refractivity contribution in [1.82, 2.24) is 19.8 Å². The monoisotopic (exact) mass is 410 g/mol. The van der Waals surface area contributed by atoms with Gasteiger partial charge in [0.2, 0.25) is 21.8 Å². The van der Waals surface area contributed by atoms with Crippen LogP contribution in [0.3, 0.4) is 0 Å². The maximum absolute atomic E-state index is 12.9. The second kappa shape index (κ2) is 9.99. The van der Waals surface area contributed by atoms with Crippen molar-refractivity contribution in [2.24, 2.45) is 0 Å². The molecule has 0 aliphatic carbocycles. The Morgan fingerprint density at radius 1 is 1.07 bits per heavy atom. The summed E-state index contributed by atoms with van der Waals surface area (Å²) in [5.74, 6) is -0.112. The summed E-state index contributed by atoms with van der Waals surface area (Å²) in [4.78, 5) is 25.2. The summed E-state index contributed by atoms with van der Waals surface area (Å²) in [6, 6.07) is 7.12. The molecule has 9 heteroatoms. The van der Waals surface area contributed by atoms with Crippen molar-refractivity contribution in [2.75, 3.05) is 46.3 Å². The highest BCUT2D eigenvalue weighted by Crippen LogP contribution is 2.23. The minimum absolute atomic E-state index is 0.0592. The van der Waals surface area contributed by atoms with E-state index in [-0.39, 0.29) is 24.9 Å². The topological polar surface area (TPSA) is 98.8 Å². The second-order valence-electron chi connectivity index (χ2n) is 7.01. The lowest BCUT2D eigenvalue weighted by Gasteiger charge is -2.33. The normalized spacial score (nSPS) is 17.1. The number of nitrogens with one attached hydrogen (secondary N) is 2. The molecule has 156 valence electrons. The Morgan fingerprint density at radius 2 is 1.68 bits per heavy atom. The molecule has 28 heavy (non-hydrogen) atoms. The van der Waals surface area contributed by atoms with Crippen molar-refractivity contribution in [3.63, 3.8) is 0 Å². The molecule has 1 heterocycles. The van der Waals surface area contributed by atoms with E-state index in [4.69, 9.17) is 0 Å². The summed E-state index contributed by atoms with van der Waals surface area (Å²) >= 11 is 0. The molecule has 0 radical (unpaired) electrons. The number of nitrogens with zero attached hydrogens (tertiary/aromatic N) is 2. The lowest BCUT2D eigenvalue weighted by molar-refractivity contribution is -0.126. The zero-order valence-electron chi connectivity index (χ0n) is 16.8. The molecule has 1 aromatic carbocycles.